The van der Waals surface area contributed by atoms with Crippen molar-refractivity contribution in [2.24, 2.45) is 28.6 Å². The molecule has 0 radical (unpaired) electrons. The van der Waals surface area contributed by atoms with Crippen molar-refractivity contribution < 1.29 is 33.3 Å². The molecule has 0 amide bonds. The van der Waals surface area contributed by atoms with E-state index in [4.69, 9.17) is 18.6 Å². The molecule has 1 aromatic heterocycles. The van der Waals surface area contributed by atoms with Crippen molar-refractivity contribution in [2.75, 3.05) is 26.2 Å². The minimum Gasteiger partial charge on any atom is -0.462 e. The standard InChI is InChI=1S/C33H47NO8/c1-21(35)41-27-19-33(38)26-8-7-23-18-24(42-30(37)39-17-16-34-14-4-5-15-34)10-12-31(23,2)25(26)11-13-32(33,3)29(27)22-6-9-28(36)40-20-22/h6,9,20,23-27,29,38H,4-5,7-8,10-19H2,1-3H3. The van der Waals surface area contributed by atoms with Crippen LogP contribution < -0.4 is 5.63 Å². The molecule has 42 heavy (non-hydrogen) atoms. The first-order chi connectivity index (χ1) is 20.0. The number of ether oxygens (including phenoxy) is 3. The molecule has 6 rings (SSSR count). The molecule has 4 aliphatic carbocycles. The van der Waals surface area contributed by atoms with Gasteiger partial charge in [-0.05, 0) is 106 Å². The Morgan fingerprint density at radius 2 is 1.83 bits per heavy atom. The lowest BCUT2D eigenvalue weighted by molar-refractivity contribution is -0.206. The molecule has 0 spiro atoms. The maximum absolute atomic E-state index is 12.7. The second-order valence-corrected chi connectivity index (χ2v) is 14.3. The van der Waals surface area contributed by atoms with Crippen LogP contribution in [0, 0.1) is 28.6 Å². The largest absolute Gasteiger partial charge is 0.508 e. The molecular weight excluding hydrogens is 538 g/mol. The molecular formula is C33H47NO8. The fourth-order valence-electron chi connectivity index (χ4n) is 10.2. The number of carbonyl (C=O) groups excluding carboxylic acids is 2. The summed E-state index contributed by atoms with van der Waals surface area (Å²) in [5.74, 6) is 0.182. The molecule has 9 heteroatoms. The van der Waals surface area contributed by atoms with Crippen LogP contribution in [-0.2, 0) is 19.0 Å². The van der Waals surface area contributed by atoms with E-state index in [1.807, 2.05) is 0 Å². The first-order valence-electron chi connectivity index (χ1n) is 16.1. The Kier molecular flexibility index (Phi) is 7.96. The molecule has 1 aromatic rings. The number of rotatable bonds is 6. The maximum Gasteiger partial charge on any atom is 0.508 e. The number of aliphatic hydroxyl groups is 1. The molecule has 5 fully saturated rings. The third-order valence-corrected chi connectivity index (χ3v) is 12.3. The maximum atomic E-state index is 12.7. The lowest BCUT2D eigenvalue weighted by Gasteiger charge is -2.63. The van der Waals surface area contributed by atoms with Gasteiger partial charge in [-0.15, -0.1) is 0 Å². The molecule has 9 unspecified atom stereocenters. The Hall–Kier alpha value is -2.39. The summed E-state index contributed by atoms with van der Waals surface area (Å²) < 4.78 is 22.3. The van der Waals surface area contributed by atoms with E-state index < -0.39 is 28.9 Å². The van der Waals surface area contributed by atoms with E-state index in [0.717, 1.165) is 70.1 Å². The Balaban J connectivity index is 1.15. The van der Waals surface area contributed by atoms with E-state index in [-0.39, 0.29) is 29.3 Å². The summed E-state index contributed by atoms with van der Waals surface area (Å²) in [6.07, 6.45) is 9.29. The van der Waals surface area contributed by atoms with E-state index >= 15 is 0 Å². The van der Waals surface area contributed by atoms with E-state index in [1.165, 1.54) is 32.1 Å². The van der Waals surface area contributed by atoms with Gasteiger partial charge in [-0.2, -0.15) is 0 Å². The fourth-order valence-corrected chi connectivity index (χ4v) is 10.2. The van der Waals surface area contributed by atoms with E-state index in [2.05, 4.69) is 18.7 Å². The molecule has 232 valence electrons. The van der Waals surface area contributed by atoms with Crippen LogP contribution >= 0.6 is 0 Å². The highest BCUT2D eigenvalue weighted by atomic mass is 16.7. The van der Waals surface area contributed by atoms with Gasteiger partial charge in [0.15, 0.2) is 0 Å². The highest BCUT2D eigenvalue weighted by molar-refractivity contribution is 5.66. The average molecular weight is 586 g/mol. The second-order valence-electron chi connectivity index (χ2n) is 14.3. The van der Waals surface area contributed by atoms with Crippen molar-refractivity contribution in [2.45, 2.75) is 109 Å². The van der Waals surface area contributed by atoms with Crippen LogP contribution in [0.4, 0.5) is 4.79 Å². The summed E-state index contributed by atoms with van der Waals surface area (Å²) in [5.41, 5.74) is -1.14. The number of fused-ring (bicyclic) bond motifs is 5. The number of hydrogen-bond donors (Lipinski definition) is 1. The quantitative estimate of drug-likeness (QED) is 0.459. The van der Waals surface area contributed by atoms with Crippen molar-refractivity contribution in [3.05, 3.63) is 34.4 Å². The highest BCUT2D eigenvalue weighted by Crippen LogP contribution is 2.71. The summed E-state index contributed by atoms with van der Waals surface area (Å²) in [6, 6.07) is 3.16. The number of esters is 1. The first kappa shape index (κ1) is 29.7. The third kappa shape index (κ3) is 5.08. The molecule has 4 saturated carbocycles. The molecule has 9 nitrogen and oxygen atoms in total. The fraction of sp³-hybridized carbons (Fsp3) is 0.788. The van der Waals surface area contributed by atoms with Crippen molar-refractivity contribution in [1.29, 1.82) is 0 Å². The van der Waals surface area contributed by atoms with Gasteiger partial charge in [0.1, 0.15) is 18.8 Å². The number of likely N-dealkylation sites (tertiary alicyclic amines) is 1. The number of hydrogen-bond acceptors (Lipinski definition) is 9. The summed E-state index contributed by atoms with van der Waals surface area (Å²) in [4.78, 5) is 38.7. The SMILES string of the molecule is CC(=O)OC1CC2(O)C3CCC4CC(OC(=O)OCCN5CCCC5)CCC4(C)C3CCC2(C)C1c1ccc(=O)oc1. The summed E-state index contributed by atoms with van der Waals surface area (Å²) in [5, 5.41) is 12.7. The second kappa shape index (κ2) is 11.3. The molecule has 5 aliphatic rings. The van der Waals surface area contributed by atoms with Crippen molar-refractivity contribution in [1.82, 2.24) is 4.90 Å². The van der Waals surface area contributed by atoms with Gasteiger partial charge in [-0.1, -0.05) is 13.8 Å². The van der Waals surface area contributed by atoms with Gasteiger partial charge in [0.2, 0.25) is 0 Å². The summed E-state index contributed by atoms with van der Waals surface area (Å²) >= 11 is 0. The van der Waals surface area contributed by atoms with Gasteiger partial charge in [0.25, 0.3) is 0 Å². The Bertz CT molecular complexity index is 1210. The Morgan fingerprint density at radius 1 is 1.05 bits per heavy atom. The predicted molar refractivity (Wildman–Crippen MR) is 154 cm³/mol. The van der Waals surface area contributed by atoms with Crippen LogP contribution in [0.1, 0.15) is 96.5 Å². The topological polar surface area (TPSA) is 116 Å². The van der Waals surface area contributed by atoms with Crippen LogP contribution in [0.15, 0.2) is 27.6 Å². The zero-order chi connectivity index (χ0) is 29.7. The first-order valence-corrected chi connectivity index (χ1v) is 16.1. The van der Waals surface area contributed by atoms with Crippen molar-refractivity contribution >= 4 is 12.1 Å². The molecule has 1 N–H and O–H groups in total. The molecule has 0 aromatic carbocycles. The molecule has 1 aliphatic heterocycles. The monoisotopic (exact) mass is 585 g/mol. The minimum atomic E-state index is -1.02. The van der Waals surface area contributed by atoms with Crippen LogP contribution in [-0.4, -0.2) is 66.2 Å². The van der Waals surface area contributed by atoms with Gasteiger partial charge in [0, 0.05) is 37.3 Å². The Labute approximate surface area is 248 Å². The zero-order valence-corrected chi connectivity index (χ0v) is 25.3. The zero-order valence-electron chi connectivity index (χ0n) is 25.3. The van der Waals surface area contributed by atoms with Crippen LogP contribution in [0.5, 0.6) is 0 Å². The van der Waals surface area contributed by atoms with Gasteiger partial charge < -0.3 is 23.7 Å². The average Bonchev–Trinajstić information content (AvgIpc) is 3.53. The normalized spacial score (nSPS) is 41.3. The molecule has 9 atom stereocenters. The molecule has 0 bridgehead atoms. The number of carbonyl (C=O) groups is 2. The lowest BCUT2D eigenvalue weighted by Crippen LogP contribution is -2.62. The van der Waals surface area contributed by atoms with Gasteiger partial charge >= 0.3 is 17.8 Å². The van der Waals surface area contributed by atoms with E-state index in [0.29, 0.717) is 24.9 Å². The van der Waals surface area contributed by atoms with Crippen molar-refractivity contribution in [3.63, 3.8) is 0 Å². The van der Waals surface area contributed by atoms with Crippen LogP contribution in [0.3, 0.4) is 0 Å². The molecule has 2 heterocycles. The van der Waals surface area contributed by atoms with Gasteiger partial charge in [-0.3, -0.25) is 9.69 Å². The highest BCUT2D eigenvalue weighted by Gasteiger charge is 2.70. The summed E-state index contributed by atoms with van der Waals surface area (Å²) in [6.45, 7) is 9.22. The van der Waals surface area contributed by atoms with Crippen molar-refractivity contribution in [3.8, 4) is 0 Å². The third-order valence-electron chi connectivity index (χ3n) is 12.3. The van der Waals surface area contributed by atoms with E-state index in [1.54, 1.807) is 6.07 Å². The smallest absolute Gasteiger partial charge is 0.462 e. The minimum absolute atomic E-state index is 0.0358. The van der Waals surface area contributed by atoms with Crippen LogP contribution in [0.2, 0.25) is 0 Å². The van der Waals surface area contributed by atoms with E-state index in [9.17, 15) is 19.5 Å². The Morgan fingerprint density at radius 3 is 2.55 bits per heavy atom. The molecule has 1 saturated heterocycles. The summed E-state index contributed by atoms with van der Waals surface area (Å²) in [7, 11) is 0. The predicted octanol–water partition coefficient (Wildman–Crippen LogP) is 5.04. The van der Waals surface area contributed by atoms with Gasteiger partial charge in [0.05, 0.1) is 11.9 Å². The van der Waals surface area contributed by atoms with Crippen LogP contribution in [0.25, 0.3) is 0 Å². The lowest BCUT2D eigenvalue weighted by atomic mass is 9.43. The number of nitrogens with zero attached hydrogens (tertiary/aromatic N) is 1. The van der Waals surface area contributed by atoms with Gasteiger partial charge in [-0.25, -0.2) is 9.59 Å².